The fraction of sp³-hybridized carbons (Fsp3) is 0.103. The van der Waals surface area contributed by atoms with Crippen molar-refractivity contribution in [1.29, 1.82) is 5.26 Å². The maximum atomic E-state index is 10.0. The van der Waals surface area contributed by atoms with Gasteiger partial charge in [0.25, 0.3) is 0 Å². The van der Waals surface area contributed by atoms with Gasteiger partial charge in [-0.3, -0.25) is 0 Å². The van der Waals surface area contributed by atoms with E-state index < -0.39 is 0 Å². The van der Waals surface area contributed by atoms with E-state index in [1.807, 2.05) is 91.0 Å². The van der Waals surface area contributed by atoms with Crippen LogP contribution in [-0.4, -0.2) is 17.3 Å². The minimum atomic E-state index is 0.515. The number of hydrogen-bond donors (Lipinski definition) is 0. The van der Waals surface area contributed by atoms with E-state index in [4.69, 9.17) is 9.72 Å². The van der Waals surface area contributed by atoms with E-state index >= 15 is 0 Å². The van der Waals surface area contributed by atoms with Gasteiger partial charge in [0, 0.05) is 16.9 Å². The quantitative estimate of drug-likeness (QED) is 0.154. The van der Waals surface area contributed by atoms with Crippen molar-refractivity contribution in [2.75, 3.05) is 12.4 Å². The van der Waals surface area contributed by atoms with Crippen LogP contribution in [0.4, 0.5) is 0 Å². The number of nitriles is 1. The van der Waals surface area contributed by atoms with Crippen LogP contribution in [0.5, 0.6) is 5.75 Å². The molecule has 1 aromatic heterocycles. The van der Waals surface area contributed by atoms with Crippen molar-refractivity contribution in [3.8, 4) is 34.2 Å². The zero-order valence-corrected chi connectivity index (χ0v) is 19.1. The molecular weight excluding hydrogens is 424 g/mol. The van der Waals surface area contributed by atoms with Crippen LogP contribution in [-0.2, 0) is 6.42 Å². The smallest absolute Gasteiger partial charge is 0.122 e. The maximum absolute atomic E-state index is 10.0. The van der Waals surface area contributed by atoms with Crippen LogP contribution in [0.1, 0.15) is 11.1 Å². The van der Waals surface area contributed by atoms with Crippen molar-refractivity contribution in [3.05, 3.63) is 115 Å². The van der Waals surface area contributed by atoms with Crippen molar-refractivity contribution < 1.29 is 4.74 Å². The summed E-state index contributed by atoms with van der Waals surface area (Å²) in [5, 5.41) is 10.7. The van der Waals surface area contributed by atoms with Gasteiger partial charge in [0.05, 0.1) is 17.9 Å². The minimum absolute atomic E-state index is 0.515. The molecule has 33 heavy (non-hydrogen) atoms. The molecule has 3 aromatic carbocycles. The molecular formula is C29H24N2OS. The van der Waals surface area contributed by atoms with E-state index in [0.29, 0.717) is 17.9 Å². The number of rotatable bonds is 9. The number of pyridine rings is 1. The van der Waals surface area contributed by atoms with Gasteiger partial charge in [-0.25, -0.2) is 4.98 Å². The molecule has 0 fully saturated rings. The fourth-order valence-electron chi connectivity index (χ4n) is 3.60. The third-order valence-corrected chi connectivity index (χ3v) is 6.11. The molecule has 4 rings (SSSR count). The van der Waals surface area contributed by atoms with E-state index in [-0.39, 0.29) is 0 Å². The van der Waals surface area contributed by atoms with Crippen LogP contribution in [0, 0.1) is 11.3 Å². The van der Waals surface area contributed by atoms with E-state index in [1.54, 1.807) is 11.8 Å². The summed E-state index contributed by atoms with van der Waals surface area (Å²) in [7, 11) is 0. The predicted octanol–water partition coefficient (Wildman–Crippen LogP) is 7.19. The molecule has 0 aliphatic rings. The third-order valence-electron chi connectivity index (χ3n) is 5.17. The number of ether oxygens (including phenoxy) is 1. The summed E-state index contributed by atoms with van der Waals surface area (Å²) in [4.78, 5) is 4.86. The number of nitrogens with zero attached hydrogens (tertiary/aromatic N) is 2. The van der Waals surface area contributed by atoms with Gasteiger partial charge < -0.3 is 4.74 Å². The summed E-state index contributed by atoms with van der Waals surface area (Å²) >= 11 is 1.55. The second-order valence-electron chi connectivity index (χ2n) is 7.38. The standard InChI is InChI=1S/C29H24N2OS/c1-2-11-24-16-9-10-17-28(24)32-18-19-33-29-26(21-30)25(22-12-5-3-6-13-22)20-27(31-29)23-14-7-4-8-15-23/h2-10,12-17,20H,1,11,18-19H2. The van der Waals surface area contributed by atoms with Crippen molar-refractivity contribution >= 4 is 11.8 Å². The molecule has 4 heteroatoms. The molecule has 3 nitrogen and oxygen atoms in total. The molecule has 0 saturated heterocycles. The van der Waals surface area contributed by atoms with Crippen LogP contribution >= 0.6 is 11.8 Å². The minimum Gasteiger partial charge on any atom is -0.492 e. The highest BCUT2D eigenvalue weighted by Gasteiger charge is 2.16. The summed E-state index contributed by atoms with van der Waals surface area (Å²) < 4.78 is 6.04. The molecule has 0 N–H and O–H groups in total. The van der Waals surface area contributed by atoms with Crippen molar-refractivity contribution in [1.82, 2.24) is 4.98 Å². The monoisotopic (exact) mass is 448 g/mol. The van der Waals surface area contributed by atoms with Crippen LogP contribution in [0.25, 0.3) is 22.4 Å². The number of benzene rings is 3. The van der Waals surface area contributed by atoms with Crippen LogP contribution in [0.2, 0.25) is 0 Å². The Labute approximate surface area is 199 Å². The fourth-order valence-corrected chi connectivity index (χ4v) is 4.42. The number of allylic oxidation sites excluding steroid dienone is 1. The summed E-state index contributed by atoms with van der Waals surface area (Å²) in [6.07, 6.45) is 2.64. The first-order valence-electron chi connectivity index (χ1n) is 10.8. The Morgan fingerprint density at radius 1 is 0.909 bits per heavy atom. The lowest BCUT2D eigenvalue weighted by atomic mass is 9.99. The molecule has 0 atom stereocenters. The highest BCUT2D eigenvalue weighted by Crippen LogP contribution is 2.34. The molecule has 0 radical (unpaired) electrons. The second kappa shape index (κ2) is 11.2. The van der Waals surface area contributed by atoms with Crippen LogP contribution in [0.15, 0.2) is 109 Å². The molecule has 0 saturated carbocycles. The Bertz CT molecular complexity index is 1260. The van der Waals surface area contributed by atoms with E-state index in [1.165, 1.54) is 0 Å². The average molecular weight is 449 g/mol. The van der Waals surface area contributed by atoms with Crippen LogP contribution in [0.3, 0.4) is 0 Å². The van der Waals surface area contributed by atoms with Gasteiger partial charge in [0.2, 0.25) is 0 Å². The van der Waals surface area contributed by atoms with E-state index in [2.05, 4.69) is 18.7 Å². The first-order valence-corrected chi connectivity index (χ1v) is 11.8. The molecule has 0 spiro atoms. The summed E-state index contributed by atoms with van der Waals surface area (Å²) in [6, 6.07) is 32.5. The van der Waals surface area contributed by atoms with Gasteiger partial charge in [0.15, 0.2) is 0 Å². The summed E-state index contributed by atoms with van der Waals surface area (Å²) in [5.41, 5.74) is 5.49. The lowest BCUT2D eigenvalue weighted by Gasteiger charge is -2.13. The predicted molar refractivity (Wildman–Crippen MR) is 136 cm³/mol. The molecule has 162 valence electrons. The second-order valence-corrected chi connectivity index (χ2v) is 8.46. The maximum Gasteiger partial charge on any atom is 0.122 e. The van der Waals surface area contributed by atoms with E-state index in [9.17, 15) is 5.26 Å². The van der Waals surface area contributed by atoms with Gasteiger partial charge in [-0.05, 0) is 29.7 Å². The Morgan fingerprint density at radius 2 is 1.58 bits per heavy atom. The Kier molecular flexibility index (Phi) is 7.58. The molecule has 0 aliphatic heterocycles. The topological polar surface area (TPSA) is 45.9 Å². The SMILES string of the molecule is C=CCc1ccccc1OCCSc1nc(-c2ccccc2)cc(-c2ccccc2)c1C#N. The third kappa shape index (κ3) is 5.52. The lowest BCUT2D eigenvalue weighted by Crippen LogP contribution is -2.04. The number of para-hydroxylation sites is 1. The zero-order chi connectivity index (χ0) is 22.9. The first kappa shape index (κ1) is 22.4. The van der Waals surface area contributed by atoms with E-state index in [0.717, 1.165) is 45.1 Å². The Balaban J connectivity index is 1.60. The highest BCUT2D eigenvalue weighted by atomic mass is 32.2. The van der Waals surface area contributed by atoms with Gasteiger partial charge in [-0.1, -0.05) is 84.9 Å². The van der Waals surface area contributed by atoms with Gasteiger partial charge in [0.1, 0.15) is 16.8 Å². The van der Waals surface area contributed by atoms with Gasteiger partial charge in [-0.2, -0.15) is 5.26 Å². The average Bonchev–Trinajstić information content (AvgIpc) is 2.88. The van der Waals surface area contributed by atoms with Crippen molar-refractivity contribution in [2.45, 2.75) is 11.4 Å². The Morgan fingerprint density at radius 3 is 2.27 bits per heavy atom. The van der Waals surface area contributed by atoms with Crippen molar-refractivity contribution in [2.24, 2.45) is 0 Å². The van der Waals surface area contributed by atoms with Gasteiger partial charge in [-0.15, -0.1) is 18.3 Å². The molecule has 0 aliphatic carbocycles. The van der Waals surface area contributed by atoms with Crippen LogP contribution < -0.4 is 4.74 Å². The van der Waals surface area contributed by atoms with Gasteiger partial charge >= 0.3 is 0 Å². The Hall–Kier alpha value is -3.81. The normalized spacial score (nSPS) is 10.4. The lowest BCUT2D eigenvalue weighted by molar-refractivity contribution is 0.341. The molecule has 0 amide bonds. The molecule has 0 unspecified atom stereocenters. The molecule has 1 heterocycles. The number of hydrogen-bond acceptors (Lipinski definition) is 4. The number of thioether (sulfide) groups is 1. The first-order chi connectivity index (χ1) is 16.3. The molecule has 4 aromatic rings. The zero-order valence-electron chi connectivity index (χ0n) is 18.3. The molecule has 0 bridgehead atoms. The largest absolute Gasteiger partial charge is 0.492 e. The van der Waals surface area contributed by atoms with Crippen molar-refractivity contribution in [3.63, 3.8) is 0 Å². The summed E-state index contributed by atoms with van der Waals surface area (Å²) in [6.45, 7) is 4.34. The number of aromatic nitrogens is 1. The summed E-state index contributed by atoms with van der Waals surface area (Å²) in [5.74, 6) is 1.55. The highest BCUT2D eigenvalue weighted by molar-refractivity contribution is 7.99.